The van der Waals surface area contributed by atoms with Gasteiger partial charge in [-0.15, -0.1) is 0 Å². The van der Waals surface area contributed by atoms with Crippen LogP contribution in [0.2, 0.25) is 0 Å². The molecule has 0 spiro atoms. The van der Waals surface area contributed by atoms with Gasteiger partial charge in [0.2, 0.25) is 5.91 Å². The van der Waals surface area contributed by atoms with Gasteiger partial charge in [0, 0.05) is 25.2 Å². The first-order chi connectivity index (χ1) is 13.6. The number of primary amides is 1. The van der Waals surface area contributed by atoms with Gasteiger partial charge >= 0.3 is 6.03 Å². The molecule has 3 amide bonds. The molecule has 1 atom stereocenters. The predicted octanol–water partition coefficient (Wildman–Crippen LogP) is 2.19. The average molecular weight is 420 g/mol. The molecule has 1 heterocycles. The Morgan fingerprint density at radius 1 is 1.17 bits per heavy atom. The maximum Gasteiger partial charge on any atom is 0.318 e. The number of hydrogen-bond donors (Lipinski definition) is 2. The van der Waals surface area contributed by atoms with Gasteiger partial charge in [-0.1, -0.05) is 23.9 Å². The zero-order valence-corrected chi connectivity index (χ0v) is 18.3. The van der Waals surface area contributed by atoms with Gasteiger partial charge in [-0.05, 0) is 46.8 Å². The standard InChI is InChI=1S/C20H29N5O3S/c1-12(2)24(13(3)4)10-11-25-18(27)15-8-6-7-9-16(15)22-20(25)29-14(5)17(26)23-19(21)28/h6-9,12-14H,10-11H2,1-5H3,(H3,21,23,26,28)/t14-/m0/s1. The second kappa shape index (κ2) is 9.89. The van der Waals surface area contributed by atoms with Crippen LogP contribution in [0.5, 0.6) is 0 Å². The van der Waals surface area contributed by atoms with Crippen molar-refractivity contribution < 1.29 is 9.59 Å². The van der Waals surface area contributed by atoms with E-state index in [1.54, 1.807) is 29.7 Å². The molecule has 0 bridgehead atoms. The molecule has 29 heavy (non-hydrogen) atoms. The molecule has 0 radical (unpaired) electrons. The van der Waals surface area contributed by atoms with Crippen molar-refractivity contribution in [2.24, 2.45) is 5.73 Å². The first-order valence-electron chi connectivity index (χ1n) is 9.64. The summed E-state index contributed by atoms with van der Waals surface area (Å²) < 4.78 is 1.61. The molecule has 158 valence electrons. The van der Waals surface area contributed by atoms with Crippen molar-refractivity contribution in [3.63, 3.8) is 0 Å². The molecule has 0 saturated carbocycles. The molecular weight excluding hydrogens is 390 g/mol. The molecule has 9 heteroatoms. The Labute approximate surface area is 174 Å². The number of urea groups is 1. The minimum atomic E-state index is -0.907. The Hall–Kier alpha value is -2.39. The fourth-order valence-corrected chi connectivity index (χ4v) is 4.13. The number of aromatic nitrogens is 2. The van der Waals surface area contributed by atoms with Gasteiger partial charge in [-0.2, -0.15) is 0 Å². The fourth-order valence-electron chi connectivity index (χ4n) is 3.20. The average Bonchev–Trinajstić information content (AvgIpc) is 2.63. The molecule has 2 rings (SSSR count). The second-order valence-electron chi connectivity index (χ2n) is 7.41. The number of fused-ring (bicyclic) bond motifs is 1. The largest absolute Gasteiger partial charge is 0.351 e. The highest BCUT2D eigenvalue weighted by Crippen LogP contribution is 2.23. The Morgan fingerprint density at radius 3 is 2.38 bits per heavy atom. The van der Waals surface area contributed by atoms with Crippen molar-refractivity contribution in [3.05, 3.63) is 34.6 Å². The number of rotatable bonds is 8. The van der Waals surface area contributed by atoms with Crippen LogP contribution in [0.25, 0.3) is 10.9 Å². The van der Waals surface area contributed by atoms with E-state index in [0.29, 0.717) is 41.2 Å². The quantitative estimate of drug-likeness (QED) is 0.501. The highest BCUT2D eigenvalue weighted by Gasteiger charge is 2.21. The first kappa shape index (κ1) is 22.9. The smallest absolute Gasteiger partial charge is 0.318 e. The number of carbonyl (C=O) groups excluding carboxylic acids is 2. The molecule has 0 unspecified atom stereocenters. The number of carbonyl (C=O) groups is 2. The van der Waals surface area contributed by atoms with Crippen LogP contribution in [0.4, 0.5) is 4.79 Å². The van der Waals surface area contributed by atoms with Gasteiger partial charge < -0.3 is 5.73 Å². The third-order valence-corrected chi connectivity index (χ3v) is 5.72. The predicted molar refractivity (Wildman–Crippen MR) is 116 cm³/mol. The van der Waals surface area contributed by atoms with Gasteiger partial charge in [-0.25, -0.2) is 9.78 Å². The normalized spacial score (nSPS) is 12.7. The van der Waals surface area contributed by atoms with Crippen LogP contribution < -0.4 is 16.6 Å². The molecule has 3 N–H and O–H groups in total. The lowest BCUT2D eigenvalue weighted by Gasteiger charge is -2.31. The monoisotopic (exact) mass is 419 g/mol. The Bertz CT molecular complexity index is 933. The van der Waals surface area contributed by atoms with Gasteiger partial charge in [0.15, 0.2) is 5.16 Å². The van der Waals surface area contributed by atoms with E-state index in [-0.39, 0.29) is 5.56 Å². The summed E-state index contributed by atoms with van der Waals surface area (Å²) in [6, 6.07) is 6.90. The summed E-state index contributed by atoms with van der Waals surface area (Å²) in [7, 11) is 0. The number of nitrogens with zero attached hydrogens (tertiary/aromatic N) is 3. The van der Waals surface area contributed by atoms with Crippen LogP contribution >= 0.6 is 11.8 Å². The van der Waals surface area contributed by atoms with Gasteiger partial charge in [0.25, 0.3) is 5.56 Å². The van der Waals surface area contributed by atoms with Crippen LogP contribution in [0.1, 0.15) is 34.6 Å². The number of amides is 3. The van der Waals surface area contributed by atoms with Crippen molar-refractivity contribution in [2.75, 3.05) is 6.54 Å². The van der Waals surface area contributed by atoms with Crippen molar-refractivity contribution in [1.82, 2.24) is 19.8 Å². The minimum absolute atomic E-state index is 0.145. The van der Waals surface area contributed by atoms with Gasteiger partial charge in [0.1, 0.15) is 0 Å². The van der Waals surface area contributed by atoms with Crippen molar-refractivity contribution in [1.29, 1.82) is 0 Å². The Morgan fingerprint density at radius 2 is 1.79 bits per heavy atom. The third kappa shape index (κ3) is 5.80. The number of para-hydroxylation sites is 1. The number of benzene rings is 1. The number of imide groups is 1. The summed E-state index contributed by atoms with van der Waals surface area (Å²) in [5.41, 5.74) is 5.46. The summed E-state index contributed by atoms with van der Waals surface area (Å²) >= 11 is 1.13. The van der Waals surface area contributed by atoms with Crippen LogP contribution in [-0.4, -0.2) is 50.3 Å². The molecule has 2 aromatic rings. The molecule has 1 aromatic carbocycles. The van der Waals surface area contributed by atoms with Crippen molar-refractivity contribution in [2.45, 2.75) is 63.7 Å². The summed E-state index contributed by atoms with van der Waals surface area (Å²) in [5, 5.41) is 2.40. The van der Waals surface area contributed by atoms with E-state index in [9.17, 15) is 14.4 Å². The molecule has 1 aromatic heterocycles. The third-order valence-electron chi connectivity index (χ3n) is 4.63. The summed E-state index contributed by atoms with van der Waals surface area (Å²) in [4.78, 5) is 43.1. The van der Waals surface area contributed by atoms with E-state index in [1.807, 2.05) is 6.07 Å². The summed E-state index contributed by atoms with van der Waals surface area (Å²) in [6.45, 7) is 11.2. The molecule has 0 aliphatic carbocycles. The zero-order valence-electron chi connectivity index (χ0n) is 17.5. The fraction of sp³-hybridized carbons (Fsp3) is 0.500. The summed E-state index contributed by atoms with van der Waals surface area (Å²) in [6.07, 6.45) is 0. The van der Waals surface area contributed by atoms with E-state index >= 15 is 0 Å². The molecule has 8 nitrogen and oxygen atoms in total. The van der Waals surface area contributed by atoms with Gasteiger partial charge in [-0.3, -0.25) is 24.4 Å². The van der Waals surface area contributed by atoms with E-state index in [4.69, 9.17) is 5.73 Å². The molecule has 0 fully saturated rings. The van der Waals surface area contributed by atoms with Crippen molar-refractivity contribution in [3.8, 4) is 0 Å². The zero-order chi connectivity index (χ0) is 21.7. The van der Waals surface area contributed by atoms with E-state index in [0.717, 1.165) is 11.8 Å². The lowest BCUT2D eigenvalue weighted by Crippen LogP contribution is -2.41. The number of hydrogen-bond acceptors (Lipinski definition) is 6. The van der Waals surface area contributed by atoms with Crippen LogP contribution in [0.15, 0.2) is 34.2 Å². The maximum atomic E-state index is 13.1. The highest BCUT2D eigenvalue weighted by atomic mass is 32.2. The van der Waals surface area contributed by atoms with Crippen LogP contribution in [0.3, 0.4) is 0 Å². The SMILES string of the molecule is CC(C)N(CCn1c(S[C@@H](C)C(=O)NC(N)=O)nc2ccccc2c1=O)C(C)C. The minimum Gasteiger partial charge on any atom is -0.351 e. The first-order valence-corrected chi connectivity index (χ1v) is 10.5. The summed E-state index contributed by atoms with van der Waals surface area (Å²) in [5.74, 6) is -0.526. The van der Waals surface area contributed by atoms with Crippen LogP contribution in [-0.2, 0) is 11.3 Å². The lowest BCUT2D eigenvalue weighted by atomic mass is 10.2. The maximum absolute atomic E-state index is 13.1. The topological polar surface area (TPSA) is 110 Å². The number of thioether (sulfide) groups is 1. The van der Waals surface area contributed by atoms with Crippen molar-refractivity contribution >= 4 is 34.6 Å². The Balaban J connectivity index is 2.41. The molecular formula is C20H29N5O3S. The molecule has 0 aliphatic heterocycles. The van der Waals surface area contributed by atoms with Gasteiger partial charge in [0.05, 0.1) is 16.2 Å². The molecule has 0 saturated heterocycles. The van der Waals surface area contributed by atoms with E-state index in [1.165, 1.54) is 0 Å². The Kier molecular flexibility index (Phi) is 7.80. The second-order valence-corrected chi connectivity index (χ2v) is 8.72. The van der Waals surface area contributed by atoms with E-state index in [2.05, 4.69) is 42.9 Å². The lowest BCUT2D eigenvalue weighted by molar-refractivity contribution is -0.119. The highest BCUT2D eigenvalue weighted by molar-refractivity contribution is 8.00. The van der Waals surface area contributed by atoms with E-state index < -0.39 is 17.2 Å². The number of nitrogens with two attached hydrogens (primary N) is 1. The number of nitrogens with one attached hydrogen (secondary N) is 1. The molecule has 0 aliphatic rings. The van der Waals surface area contributed by atoms with Crippen LogP contribution in [0, 0.1) is 0 Å².